The average Bonchev–Trinajstić information content (AvgIpc) is 3.13. The van der Waals surface area contributed by atoms with Gasteiger partial charge in [0.1, 0.15) is 12.6 Å². The smallest absolute Gasteiger partial charge is 0.407 e. The molecule has 176 valence electrons. The molecule has 8 heteroatoms. The Morgan fingerprint density at radius 3 is 2.12 bits per heavy atom. The number of nitrogens with one attached hydrogen (secondary N) is 1. The van der Waals surface area contributed by atoms with Gasteiger partial charge in [-0.3, -0.25) is 9.59 Å². The van der Waals surface area contributed by atoms with Gasteiger partial charge in [0.25, 0.3) is 0 Å². The molecule has 33 heavy (non-hydrogen) atoms. The number of aliphatic hydroxyl groups excluding tert-OH is 1. The summed E-state index contributed by atoms with van der Waals surface area (Å²) < 4.78 is 5.50. The molecule has 1 aliphatic carbocycles. The summed E-state index contributed by atoms with van der Waals surface area (Å²) in [6.07, 6.45) is -1.19. The molecule has 0 saturated heterocycles. The molecule has 0 heterocycles. The van der Waals surface area contributed by atoms with E-state index in [0.717, 1.165) is 22.3 Å². The molecule has 1 atom stereocenters. The number of carboxylic acid groups (broad SMARTS) is 1. The maximum absolute atomic E-state index is 12.9. The number of carboxylic acids is 1. The van der Waals surface area contributed by atoms with Crippen LogP contribution in [0.3, 0.4) is 0 Å². The van der Waals surface area contributed by atoms with E-state index >= 15 is 0 Å². The van der Waals surface area contributed by atoms with Crippen molar-refractivity contribution in [3.05, 3.63) is 59.7 Å². The van der Waals surface area contributed by atoms with Crippen LogP contribution in [0.4, 0.5) is 4.79 Å². The minimum Gasteiger partial charge on any atom is -0.481 e. The third kappa shape index (κ3) is 5.34. The number of aliphatic carboxylic acids is 1. The first-order chi connectivity index (χ1) is 15.7. The summed E-state index contributed by atoms with van der Waals surface area (Å²) in [4.78, 5) is 37.9. The molecule has 0 bridgehead atoms. The second-order valence-electron chi connectivity index (χ2n) is 8.82. The largest absolute Gasteiger partial charge is 0.481 e. The van der Waals surface area contributed by atoms with E-state index in [1.807, 2.05) is 48.5 Å². The monoisotopic (exact) mass is 454 g/mol. The standard InChI is InChI=1S/C25H30N2O6/c1-25(2,15-28)27(3)23(31)21(12-13-22(29)30)26-24(32)33-14-20-18-10-6-4-8-16(18)17-9-5-7-11-19(17)20/h4-11,20-21,28H,12-15H2,1-3H3,(H,26,32)(H,29,30). The second kappa shape index (κ2) is 10.0. The van der Waals surface area contributed by atoms with Gasteiger partial charge in [-0.05, 0) is 42.5 Å². The number of ether oxygens (including phenoxy) is 1. The number of amides is 2. The highest BCUT2D eigenvalue weighted by Gasteiger charge is 2.34. The van der Waals surface area contributed by atoms with Gasteiger partial charge in [0.15, 0.2) is 0 Å². The molecule has 2 aromatic rings. The van der Waals surface area contributed by atoms with E-state index in [9.17, 15) is 19.5 Å². The summed E-state index contributed by atoms with van der Waals surface area (Å²) in [5.41, 5.74) is 3.46. The molecular weight excluding hydrogens is 424 g/mol. The maximum Gasteiger partial charge on any atom is 0.407 e. The van der Waals surface area contributed by atoms with E-state index < -0.39 is 29.6 Å². The first-order valence-electron chi connectivity index (χ1n) is 10.9. The third-order valence-electron chi connectivity index (χ3n) is 6.21. The second-order valence-corrected chi connectivity index (χ2v) is 8.82. The molecule has 0 fully saturated rings. The lowest BCUT2D eigenvalue weighted by Crippen LogP contribution is -2.55. The number of carbonyl (C=O) groups is 3. The van der Waals surface area contributed by atoms with Crippen LogP contribution in [0.1, 0.15) is 43.7 Å². The van der Waals surface area contributed by atoms with E-state index in [0.29, 0.717) is 0 Å². The number of hydrogen-bond donors (Lipinski definition) is 3. The lowest BCUT2D eigenvalue weighted by Gasteiger charge is -2.36. The van der Waals surface area contributed by atoms with Gasteiger partial charge < -0.3 is 25.2 Å². The van der Waals surface area contributed by atoms with Crippen molar-refractivity contribution in [1.29, 1.82) is 0 Å². The van der Waals surface area contributed by atoms with Crippen LogP contribution in [0.25, 0.3) is 11.1 Å². The number of fused-ring (bicyclic) bond motifs is 3. The van der Waals surface area contributed by atoms with Crippen LogP contribution in [0.5, 0.6) is 0 Å². The van der Waals surface area contributed by atoms with Gasteiger partial charge in [0, 0.05) is 19.4 Å². The summed E-state index contributed by atoms with van der Waals surface area (Å²) in [6.45, 7) is 3.14. The zero-order chi connectivity index (χ0) is 24.2. The van der Waals surface area contributed by atoms with Crippen molar-refractivity contribution in [2.45, 2.75) is 44.2 Å². The molecule has 2 amide bonds. The van der Waals surface area contributed by atoms with Crippen molar-refractivity contribution in [1.82, 2.24) is 10.2 Å². The highest BCUT2D eigenvalue weighted by atomic mass is 16.5. The molecule has 0 radical (unpaired) electrons. The van der Waals surface area contributed by atoms with Gasteiger partial charge in [0.2, 0.25) is 5.91 Å². The van der Waals surface area contributed by atoms with Crippen LogP contribution >= 0.6 is 0 Å². The topological polar surface area (TPSA) is 116 Å². The summed E-state index contributed by atoms with van der Waals surface area (Å²) >= 11 is 0. The molecule has 2 aromatic carbocycles. The van der Waals surface area contributed by atoms with Crippen molar-refractivity contribution < 1.29 is 29.3 Å². The number of hydrogen-bond acceptors (Lipinski definition) is 5. The van der Waals surface area contributed by atoms with Crippen molar-refractivity contribution in [3.8, 4) is 11.1 Å². The molecule has 3 rings (SSSR count). The predicted molar refractivity (Wildman–Crippen MR) is 123 cm³/mol. The number of benzene rings is 2. The molecule has 0 aliphatic heterocycles. The van der Waals surface area contributed by atoms with Crippen LogP contribution < -0.4 is 5.32 Å². The minimum atomic E-state index is -1.09. The highest BCUT2D eigenvalue weighted by molar-refractivity contribution is 5.86. The Morgan fingerprint density at radius 2 is 1.61 bits per heavy atom. The molecule has 0 spiro atoms. The fourth-order valence-electron chi connectivity index (χ4n) is 3.95. The fourth-order valence-corrected chi connectivity index (χ4v) is 3.95. The van der Waals surface area contributed by atoms with Crippen LogP contribution in [-0.4, -0.2) is 64.9 Å². The van der Waals surface area contributed by atoms with Crippen molar-refractivity contribution in [3.63, 3.8) is 0 Å². The number of nitrogens with zero attached hydrogens (tertiary/aromatic N) is 1. The van der Waals surface area contributed by atoms with Crippen molar-refractivity contribution in [2.24, 2.45) is 0 Å². The zero-order valence-corrected chi connectivity index (χ0v) is 19.1. The Balaban J connectivity index is 1.70. The number of likely N-dealkylation sites (N-methyl/N-ethyl adjacent to an activating group) is 1. The van der Waals surface area contributed by atoms with E-state index in [2.05, 4.69) is 5.32 Å². The molecule has 1 unspecified atom stereocenters. The van der Waals surface area contributed by atoms with Gasteiger partial charge in [-0.15, -0.1) is 0 Å². The summed E-state index contributed by atoms with van der Waals surface area (Å²) in [7, 11) is 1.51. The maximum atomic E-state index is 12.9. The molecule has 0 aromatic heterocycles. The van der Waals surface area contributed by atoms with E-state index in [4.69, 9.17) is 9.84 Å². The van der Waals surface area contributed by atoms with Gasteiger partial charge in [-0.2, -0.15) is 0 Å². The van der Waals surface area contributed by atoms with Crippen LogP contribution in [0.2, 0.25) is 0 Å². The van der Waals surface area contributed by atoms with E-state index in [1.165, 1.54) is 11.9 Å². The number of alkyl carbamates (subject to hydrolysis) is 1. The molecule has 8 nitrogen and oxygen atoms in total. The minimum absolute atomic E-state index is 0.0810. The Kier molecular flexibility index (Phi) is 7.38. The quantitative estimate of drug-likeness (QED) is 0.536. The first kappa shape index (κ1) is 24.3. The zero-order valence-electron chi connectivity index (χ0n) is 19.1. The third-order valence-corrected chi connectivity index (χ3v) is 6.21. The highest BCUT2D eigenvalue weighted by Crippen LogP contribution is 2.44. The molecule has 1 aliphatic rings. The van der Waals surface area contributed by atoms with Crippen molar-refractivity contribution in [2.75, 3.05) is 20.3 Å². The van der Waals surface area contributed by atoms with Gasteiger partial charge >= 0.3 is 12.1 Å². The first-order valence-corrected chi connectivity index (χ1v) is 10.9. The summed E-state index contributed by atoms with van der Waals surface area (Å²) in [5, 5.41) is 21.1. The predicted octanol–water partition coefficient (Wildman–Crippen LogP) is 2.99. The van der Waals surface area contributed by atoms with Gasteiger partial charge in [-0.1, -0.05) is 48.5 Å². The average molecular weight is 455 g/mol. The molecular formula is C25H30N2O6. The van der Waals surface area contributed by atoms with Crippen LogP contribution in [-0.2, 0) is 14.3 Å². The number of carbonyl (C=O) groups excluding carboxylic acids is 2. The van der Waals surface area contributed by atoms with Crippen LogP contribution in [0, 0.1) is 0 Å². The van der Waals surface area contributed by atoms with Gasteiger partial charge in [0.05, 0.1) is 12.1 Å². The van der Waals surface area contributed by atoms with Crippen molar-refractivity contribution >= 4 is 18.0 Å². The van der Waals surface area contributed by atoms with E-state index in [1.54, 1.807) is 13.8 Å². The summed E-state index contributed by atoms with van der Waals surface area (Å²) in [5.74, 6) is -1.71. The fraction of sp³-hybridized carbons (Fsp3) is 0.400. The Hall–Kier alpha value is -3.39. The summed E-state index contributed by atoms with van der Waals surface area (Å²) in [6, 6.07) is 14.8. The Labute approximate surface area is 193 Å². The lowest BCUT2D eigenvalue weighted by molar-refractivity contribution is -0.139. The SMILES string of the molecule is CN(C(=O)C(CCC(=O)O)NC(=O)OCC1c2ccccc2-c2ccccc21)C(C)(C)CO. The van der Waals surface area contributed by atoms with Gasteiger partial charge in [-0.25, -0.2) is 4.79 Å². The molecule has 0 saturated carbocycles. The Morgan fingerprint density at radius 1 is 1.06 bits per heavy atom. The normalized spacial score (nSPS) is 13.6. The van der Waals surface area contributed by atoms with E-state index in [-0.39, 0.29) is 32.0 Å². The number of rotatable bonds is 9. The van der Waals surface area contributed by atoms with Crippen LogP contribution in [0.15, 0.2) is 48.5 Å². The molecule has 3 N–H and O–H groups in total. The lowest BCUT2D eigenvalue weighted by atomic mass is 9.98. The number of aliphatic hydroxyl groups is 1. The Bertz CT molecular complexity index is 990.